The smallest absolute Gasteiger partial charge is 0.254 e. The van der Waals surface area contributed by atoms with Crippen LogP contribution in [0.5, 0.6) is 0 Å². The second-order valence-corrected chi connectivity index (χ2v) is 5.34. The van der Waals surface area contributed by atoms with Crippen molar-refractivity contribution in [2.75, 3.05) is 26.8 Å². The lowest BCUT2D eigenvalue weighted by Crippen LogP contribution is -2.36. The normalized spacial score (nSPS) is 10.3. The van der Waals surface area contributed by atoms with Gasteiger partial charge in [0.25, 0.3) is 5.91 Å². The molecule has 5 heteroatoms. The summed E-state index contributed by atoms with van der Waals surface area (Å²) in [6.45, 7) is 5.50. The van der Waals surface area contributed by atoms with Gasteiger partial charge in [0.05, 0.1) is 11.6 Å². The standard InChI is InChI=1S/C15H22N2O2S/c1-11-4-5-13(12(2)10-11)15(18)17(8-9-19-3)7-6-14(16)20/h4-5,10H,6-9H2,1-3H3,(H2,16,20). The molecule has 1 aromatic carbocycles. The molecular formula is C15H22N2O2S. The number of amides is 1. The van der Waals surface area contributed by atoms with Crippen molar-refractivity contribution in [3.05, 3.63) is 34.9 Å². The molecule has 4 nitrogen and oxygen atoms in total. The van der Waals surface area contributed by atoms with Gasteiger partial charge in [-0.25, -0.2) is 0 Å². The van der Waals surface area contributed by atoms with Crippen molar-refractivity contribution < 1.29 is 9.53 Å². The molecule has 110 valence electrons. The zero-order valence-electron chi connectivity index (χ0n) is 12.3. The Balaban J connectivity index is 2.87. The molecule has 0 bridgehead atoms. The first kappa shape index (κ1) is 16.6. The lowest BCUT2D eigenvalue weighted by molar-refractivity contribution is 0.0700. The Labute approximate surface area is 125 Å². The predicted octanol–water partition coefficient (Wildman–Crippen LogP) is 2.07. The number of methoxy groups -OCH3 is 1. The number of carbonyl (C=O) groups excluding carboxylic acids is 1. The molecule has 0 saturated carbocycles. The maximum atomic E-state index is 12.6. The van der Waals surface area contributed by atoms with Crippen LogP contribution >= 0.6 is 12.2 Å². The van der Waals surface area contributed by atoms with E-state index < -0.39 is 0 Å². The quantitative estimate of drug-likeness (QED) is 0.782. The fourth-order valence-electron chi connectivity index (χ4n) is 1.99. The van der Waals surface area contributed by atoms with Crippen molar-refractivity contribution in [3.63, 3.8) is 0 Å². The summed E-state index contributed by atoms with van der Waals surface area (Å²) in [5.74, 6) is -0.00389. The van der Waals surface area contributed by atoms with E-state index in [0.717, 1.165) is 16.7 Å². The topological polar surface area (TPSA) is 55.6 Å². The Hall–Kier alpha value is -1.46. The van der Waals surface area contributed by atoms with E-state index in [1.807, 2.05) is 32.0 Å². The average molecular weight is 294 g/mol. The van der Waals surface area contributed by atoms with E-state index in [1.165, 1.54) is 0 Å². The number of thiocarbonyl (C=S) groups is 1. The Bertz CT molecular complexity index is 489. The number of ether oxygens (including phenoxy) is 1. The fraction of sp³-hybridized carbons (Fsp3) is 0.467. The van der Waals surface area contributed by atoms with Crippen molar-refractivity contribution in [2.45, 2.75) is 20.3 Å². The summed E-state index contributed by atoms with van der Waals surface area (Å²) in [4.78, 5) is 14.7. The van der Waals surface area contributed by atoms with Crippen LogP contribution in [-0.4, -0.2) is 42.6 Å². The van der Waals surface area contributed by atoms with Crippen LogP contribution in [0, 0.1) is 13.8 Å². The molecule has 0 aliphatic heterocycles. The molecule has 1 amide bonds. The van der Waals surface area contributed by atoms with Gasteiger partial charge in [0.2, 0.25) is 0 Å². The fourth-order valence-corrected chi connectivity index (χ4v) is 2.08. The second-order valence-electron chi connectivity index (χ2n) is 4.82. The van der Waals surface area contributed by atoms with Crippen LogP contribution in [0.25, 0.3) is 0 Å². The van der Waals surface area contributed by atoms with Crippen LogP contribution in [0.4, 0.5) is 0 Å². The van der Waals surface area contributed by atoms with Crippen LogP contribution in [0.1, 0.15) is 27.9 Å². The van der Waals surface area contributed by atoms with Gasteiger partial charge in [-0.15, -0.1) is 0 Å². The third-order valence-electron chi connectivity index (χ3n) is 3.09. The summed E-state index contributed by atoms with van der Waals surface area (Å²) in [5.41, 5.74) is 8.36. The highest BCUT2D eigenvalue weighted by Crippen LogP contribution is 2.13. The van der Waals surface area contributed by atoms with Gasteiger partial charge in [0.15, 0.2) is 0 Å². The van der Waals surface area contributed by atoms with Gasteiger partial charge in [0, 0.05) is 32.2 Å². The third-order valence-corrected chi connectivity index (χ3v) is 3.30. The zero-order valence-corrected chi connectivity index (χ0v) is 13.1. The number of hydrogen-bond acceptors (Lipinski definition) is 3. The highest BCUT2D eigenvalue weighted by Gasteiger charge is 2.17. The summed E-state index contributed by atoms with van der Waals surface area (Å²) in [7, 11) is 1.62. The maximum Gasteiger partial charge on any atom is 0.254 e. The number of nitrogens with two attached hydrogens (primary N) is 1. The van der Waals surface area contributed by atoms with E-state index in [0.29, 0.717) is 31.1 Å². The molecule has 0 aliphatic carbocycles. The molecule has 1 rings (SSSR count). The van der Waals surface area contributed by atoms with Gasteiger partial charge in [-0.05, 0) is 25.5 Å². The number of nitrogens with zero attached hydrogens (tertiary/aromatic N) is 1. The highest BCUT2D eigenvalue weighted by atomic mass is 32.1. The van der Waals surface area contributed by atoms with Gasteiger partial charge in [-0.1, -0.05) is 29.9 Å². The predicted molar refractivity (Wildman–Crippen MR) is 85.1 cm³/mol. The molecular weight excluding hydrogens is 272 g/mol. The van der Waals surface area contributed by atoms with E-state index in [9.17, 15) is 4.79 Å². The van der Waals surface area contributed by atoms with Crippen LogP contribution in [0.2, 0.25) is 0 Å². The molecule has 0 aromatic heterocycles. The number of carbonyl (C=O) groups is 1. The summed E-state index contributed by atoms with van der Waals surface area (Å²) in [6, 6.07) is 5.82. The van der Waals surface area contributed by atoms with Crippen LogP contribution < -0.4 is 5.73 Å². The summed E-state index contributed by atoms with van der Waals surface area (Å²) >= 11 is 4.88. The molecule has 0 fully saturated rings. The van der Waals surface area contributed by atoms with Crippen LogP contribution in [0.3, 0.4) is 0 Å². The third kappa shape index (κ3) is 4.90. The van der Waals surface area contributed by atoms with Crippen molar-refractivity contribution in [1.82, 2.24) is 4.90 Å². The van der Waals surface area contributed by atoms with Gasteiger partial charge >= 0.3 is 0 Å². The Kier molecular flexibility index (Phi) is 6.61. The van der Waals surface area contributed by atoms with Crippen molar-refractivity contribution >= 4 is 23.1 Å². The number of rotatable bonds is 7. The SMILES string of the molecule is COCCN(CCC(N)=S)C(=O)c1ccc(C)cc1C. The number of hydrogen-bond donors (Lipinski definition) is 1. The van der Waals surface area contributed by atoms with Gasteiger partial charge in [-0.2, -0.15) is 0 Å². The number of aryl methyl sites for hydroxylation is 2. The maximum absolute atomic E-state index is 12.6. The summed E-state index contributed by atoms with van der Waals surface area (Å²) in [5, 5.41) is 0. The molecule has 0 heterocycles. The molecule has 0 saturated heterocycles. The lowest BCUT2D eigenvalue weighted by Gasteiger charge is -2.23. The minimum atomic E-state index is -0.00389. The van der Waals surface area contributed by atoms with E-state index in [2.05, 4.69) is 0 Å². The summed E-state index contributed by atoms with van der Waals surface area (Å²) < 4.78 is 5.06. The van der Waals surface area contributed by atoms with Crippen LogP contribution in [0.15, 0.2) is 18.2 Å². The molecule has 0 atom stereocenters. The lowest BCUT2D eigenvalue weighted by atomic mass is 10.0. The van der Waals surface area contributed by atoms with E-state index in [1.54, 1.807) is 12.0 Å². The Morgan fingerprint density at radius 3 is 2.60 bits per heavy atom. The first-order valence-corrected chi connectivity index (χ1v) is 7.00. The van der Waals surface area contributed by atoms with E-state index in [4.69, 9.17) is 22.7 Å². The van der Waals surface area contributed by atoms with Gasteiger partial charge in [-0.3, -0.25) is 4.79 Å². The molecule has 0 spiro atoms. The average Bonchev–Trinajstić information content (AvgIpc) is 2.38. The minimum Gasteiger partial charge on any atom is -0.393 e. The van der Waals surface area contributed by atoms with E-state index in [-0.39, 0.29) is 5.91 Å². The van der Waals surface area contributed by atoms with Crippen molar-refractivity contribution in [2.24, 2.45) is 5.73 Å². The molecule has 2 N–H and O–H groups in total. The first-order valence-electron chi connectivity index (χ1n) is 6.59. The summed E-state index contributed by atoms with van der Waals surface area (Å²) in [6.07, 6.45) is 0.524. The van der Waals surface area contributed by atoms with Gasteiger partial charge < -0.3 is 15.4 Å². The highest BCUT2D eigenvalue weighted by molar-refractivity contribution is 7.80. The van der Waals surface area contributed by atoms with Crippen molar-refractivity contribution in [1.29, 1.82) is 0 Å². The zero-order chi connectivity index (χ0) is 15.1. The Morgan fingerprint density at radius 1 is 1.35 bits per heavy atom. The molecule has 0 radical (unpaired) electrons. The molecule has 1 aromatic rings. The molecule has 0 aliphatic rings. The second kappa shape index (κ2) is 7.97. The minimum absolute atomic E-state index is 0.00389. The van der Waals surface area contributed by atoms with E-state index >= 15 is 0 Å². The molecule has 20 heavy (non-hydrogen) atoms. The van der Waals surface area contributed by atoms with Gasteiger partial charge in [0.1, 0.15) is 0 Å². The Morgan fingerprint density at radius 2 is 2.05 bits per heavy atom. The molecule has 0 unspecified atom stereocenters. The van der Waals surface area contributed by atoms with Crippen LogP contribution in [-0.2, 0) is 4.74 Å². The largest absolute Gasteiger partial charge is 0.393 e. The monoisotopic (exact) mass is 294 g/mol. The number of benzene rings is 1. The first-order chi connectivity index (χ1) is 9.45. The van der Waals surface area contributed by atoms with Crippen molar-refractivity contribution in [3.8, 4) is 0 Å².